The molecule has 4 nitrogen and oxygen atoms in total. The lowest BCUT2D eigenvalue weighted by atomic mass is 9.89. The highest BCUT2D eigenvalue weighted by Crippen LogP contribution is 2.34. The van der Waals surface area contributed by atoms with Gasteiger partial charge in [0, 0.05) is 24.7 Å². The van der Waals surface area contributed by atoms with Crippen LogP contribution in [0.4, 0.5) is 0 Å². The van der Waals surface area contributed by atoms with Gasteiger partial charge in [-0.25, -0.2) is 0 Å². The lowest BCUT2D eigenvalue weighted by Gasteiger charge is -2.17. The number of carboxylic acid groups (broad SMARTS) is 1. The molecule has 0 aromatic rings. The fraction of sp³-hybridized carbons (Fsp3) is 0.733. The molecular formula is C15H24O4. The van der Waals surface area contributed by atoms with Crippen molar-refractivity contribution in [1.29, 1.82) is 0 Å². The van der Waals surface area contributed by atoms with Crippen molar-refractivity contribution >= 4 is 11.8 Å². The number of hydrogen-bond donors (Lipinski definition) is 2. The van der Waals surface area contributed by atoms with Crippen LogP contribution in [0.5, 0.6) is 0 Å². The minimum Gasteiger partial charge on any atom is -0.481 e. The van der Waals surface area contributed by atoms with Crippen LogP contribution >= 0.6 is 0 Å². The Kier molecular flexibility index (Phi) is 6.78. The van der Waals surface area contributed by atoms with E-state index in [2.05, 4.69) is 0 Å². The van der Waals surface area contributed by atoms with Crippen molar-refractivity contribution < 1.29 is 19.8 Å². The molecule has 1 fully saturated rings. The third-order valence-electron chi connectivity index (χ3n) is 3.80. The van der Waals surface area contributed by atoms with Gasteiger partial charge < -0.3 is 10.2 Å². The maximum atomic E-state index is 11.8. The second-order valence-electron chi connectivity index (χ2n) is 5.29. The first-order valence-electron chi connectivity index (χ1n) is 7.11. The summed E-state index contributed by atoms with van der Waals surface area (Å²) in [6.45, 7) is 1.90. The Morgan fingerprint density at radius 3 is 2.63 bits per heavy atom. The number of rotatable bonds is 8. The highest BCUT2D eigenvalue weighted by atomic mass is 16.4. The highest BCUT2D eigenvalue weighted by molar-refractivity contribution is 5.84. The first-order chi connectivity index (χ1) is 9.06. The number of allylic oxidation sites excluding steroid dienone is 1. The molecule has 0 radical (unpaired) electrons. The van der Waals surface area contributed by atoms with Crippen molar-refractivity contribution in [3.8, 4) is 0 Å². The Hall–Kier alpha value is -1.16. The number of unbranched alkanes of at least 4 members (excludes halogenated alkanes) is 3. The zero-order valence-corrected chi connectivity index (χ0v) is 11.5. The maximum absolute atomic E-state index is 11.8. The number of aliphatic carboxylic acids is 1. The lowest BCUT2D eigenvalue weighted by Crippen LogP contribution is -2.18. The predicted octanol–water partition coefficient (Wildman–Crippen LogP) is 2.55. The molecule has 0 amide bonds. The van der Waals surface area contributed by atoms with Crippen LogP contribution in [0.3, 0.4) is 0 Å². The SMILES string of the molecule is C/C=C/C1C(O)CC(=O)C1CCCCCCC(=O)O. The Labute approximate surface area is 114 Å². The fourth-order valence-electron chi connectivity index (χ4n) is 2.81. The van der Waals surface area contributed by atoms with Gasteiger partial charge in [0.05, 0.1) is 6.10 Å². The van der Waals surface area contributed by atoms with E-state index in [1.165, 1.54) is 0 Å². The summed E-state index contributed by atoms with van der Waals surface area (Å²) in [5.74, 6) is -0.662. The molecule has 0 bridgehead atoms. The van der Waals surface area contributed by atoms with E-state index in [4.69, 9.17) is 5.11 Å². The van der Waals surface area contributed by atoms with Crippen LogP contribution in [-0.4, -0.2) is 28.1 Å². The Bertz CT molecular complexity index is 335. The zero-order valence-electron chi connectivity index (χ0n) is 11.5. The van der Waals surface area contributed by atoms with Crippen molar-refractivity contribution in [2.75, 3.05) is 0 Å². The molecule has 1 aliphatic rings. The summed E-state index contributed by atoms with van der Waals surface area (Å²) in [5.41, 5.74) is 0. The van der Waals surface area contributed by atoms with Gasteiger partial charge in [-0.05, 0) is 19.8 Å². The number of hydrogen-bond acceptors (Lipinski definition) is 3. The first kappa shape index (κ1) is 15.9. The van der Waals surface area contributed by atoms with E-state index >= 15 is 0 Å². The minimum atomic E-state index is -0.748. The fourth-order valence-corrected chi connectivity index (χ4v) is 2.81. The normalized spacial score (nSPS) is 27.3. The summed E-state index contributed by atoms with van der Waals surface area (Å²) < 4.78 is 0. The zero-order chi connectivity index (χ0) is 14.3. The van der Waals surface area contributed by atoms with Gasteiger partial charge in [-0.2, -0.15) is 0 Å². The molecule has 1 aliphatic carbocycles. The second kappa shape index (κ2) is 8.10. The van der Waals surface area contributed by atoms with Crippen LogP contribution in [0.2, 0.25) is 0 Å². The van der Waals surface area contributed by atoms with Crippen molar-refractivity contribution in [1.82, 2.24) is 0 Å². The van der Waals surface area contributed by atoms with E-state index in [0.717, 1.165) is 25.7 Å². The number of Topliss-reactive ketones (excluding diaryl/α,β-unsaturated/α-hetero) is 1. The van der Waals surface area contributed by atoms with Crippen molar-refractivity contribution in [3.05, 3.63) is 12.2 Å². The molecule has 19 heavy (non-hydrogen) atoms. The molecule has 1 saturated carbocycles. The summed E-state index contributed by atoms with van der Waals surface area (Å²) in [4.78, 5) is 22.2. The molecular weight excluding hydrogens is 244 g/mol. The molecule has 0 spiro atoms. The minimum absolute atomic E-state index is 0.0310. The number of carbonyl (C=O) groups is 2. The molecule has 0 saturated heterocycles. The number of aliphatic hydroxyl groups excluding tert-OH is 1. The largest absolute Gasteiger partial charge is 0.481 e. The third kappa shape index (κ3) is 5.15. The van der Waals surface area contributed by atoms with Gasteiger partial charge in [0.25, 0.3) is 0 Å². The number of carboxylic acids is 1. The Morgan fingerprint density at radius 2 is 2.00 bits per heavy atom. The monoisotopic (exact) mass is 268 g/mol. The van der Waals surface area contributed by atoms with E-state index in [9.17, 15) is 14.7 Å². The van der Waals surface area contributed by atoms with Crippen molar-refractivity contribution in [2.24, 2.45) is 11.8 Å². The van der Waals surface area contributed by atoms with E-state index in [0.29, 0.717) is 6.42 Å². The van der Waals surface area contributed by atoms with Gasteiger partial charge in [0.15, 0.2) is 0 Å². The standard InChI is InChI=1S/C15H24O4/c1-2-7-11-12(14(17)10-13(11)16)8-5-3-4-6-9-15(18)19/h2,7,11-13,16H,3-6,8-10H2,1H3,(H,18,19)/b7-2+. The molecule has 1 rings (SSSR count). The molecule has 0 heterocycles. The average Bonchev–Trinajstić information content (AvgIpc) is 2.60. The van der Waals surface area contributed by atoms with Crippen LogP contribution in [-0.2, 0) is 9.59 Å². The molecule has 108 valence electrons. The number of aliphatic hydroxyl groups is 1. The average molecular weight is 268 g/mol. The van der Waals surface area contributed by atoms with E-state index in [1.54, 1.807) is 0 Å². The predicted molar refractivity (Wildman–Crippen MR) is 72.8 cm³/mol. The second-order valence-corrected chi connectivity index (χ2v) is 5.29. The summed E-state index contributed by atoms with van der Waals surface area (Å²) in [5, 5.41) is 18.3. The molecule has 0 aromatic heterocycles. The summed E-state index contributed by atoms with van der Waals surface area (Å²) in [7, 11) is 0. The Morgan fingerprint density at radius 1 is 1.32 bits per heavy atom. The first-order valence-corrected chi connectivity index (χ1v) is 7.11. The lowest BCUT2D eigenvalue weighted by molar-refractivity contribution is -0.137. The summed E-state index contributed by atoms with van der Waals surface area (Å²) >= 11 is 0. The molecule has 4 heteroatoms. The van der Waals surface area contributed by atoms with Crippen LogP contribution in [0.15, 0.2) is 12.2 Å². The molecule has 0 aromatic carbocycles. The molecule has 0 aliphatic heterocycles. The molecule has 3 atom stereocenters. The number of carbonyl (C=O) groups excluding carboxylic acids is 1. The van der Waals surface area contributed by atoms with Crippen LogP contribution in [0.1, 0.15) is 51.9 Å². The quantitative estimate of drug-likeness (QED) is 0.524. The highest BCUT2D eigenvalue weighted by Gasteiger charge is 2.39. The van der Waals surface area contributed by atoms with Gasteiger partial charge in [-0.15, -0.1) is 0 Å². The third-order valence-corrected chi connectivity index (χ3v) is 3.80. The van der Waals surface area contributed by atoms with Crippen molar-refractivity contribution in [3.63, 3.8) is 0 Å². The Balaban J connectivity index is 2.27. The molecule has 2 N–H and O–H groups in total. The van der Waals surface area contributed by atoms with Gasteiger partial charge >= 0.3 is 5.97 Å². The van der Waals surface area contributed by atoms with E-state index < -0.39 is 12.1 Å². The van der Waals surface area contributed by atoms with E-state index in [1.807, 2.05) is 19.1 Å². The topological polar surface area (TPSA) is 74.6 Å². The van der Waals surface area contributed by atoms with Gasteiger partial charge in [0.1, 0.15) is 5.78 Å². The van der Waals surface area contributed by atoms with Gasteiger partial charge in [0.2, 0.25) is 0 Å². The summed E-state index contributed by atoms with van der Waals surface area (Å²) in [6.07, 6.45) is 8.09. The van der Waals surface area contributed by atoms with Crippen LogP contribution in [0.25, 0.3) is 0 Å². The van der Waals surface area contributed by atoms with Crippen LogP contribution in [0, 0.1) is 11.8 Å². The number of ketones is 1. The smallest absolute Gasteiger partial charge is 0.303 e. The maximum Gasteiger partial charge on any atom is 0.303 e. The summed E-state index contributed by atoms with van der Waals surface area (Å²) in [6, 6.07) is 0. The van der Waals surface area contributed by atoms with Gasteiger partial charge in [-0.1, -0.05) is 31.4 Å². The van der Waals surface area contributed by atoms with Crippen LogP contribution < -0.4 is 0 Å². The van der Waals surface area contributed by atoms with Crippen molar-refractivity contribution in [2.45, 2.75) is 58.0 Å². The molecule has 3 unspecified atom stereocenters. The van der Waals surface area contributed by atoms with Gasteiger partial charge in [-0.3, -0.25) is 9.59 Å². The van der Waals surface area contributed by atoms with E-state index in [-0.39, 0.29) is 30.5 Å².